The molecule has 1 spiro atoms. The molecule has 0 aromatic carbocycles. The van der Waals surface area contributed by atoms with E-state index < -0.39 is 0 Å². The van der Waals surface area contributed by atoms with Crippen LogP contribution in [0.25, 0.3) is 0 Å². The summed E-state index contributed by atoms with van der Waals surface area (Å²) in [5.41, 5.74) is 0.709. The standard InChI is InChI=1S/C15H28N4/c1-16-7-13(8-16)18-5-3-15(4-6-18)11-19(12-15)14-9-17(2)10-14/h13-14H,3-12H2,1-2H3. The number of hydrogen-bond acceptors (Lipinski definition) is 4. The van der Waals surface area contributed by atoms with E-state index in [9.17, 15) is 0 Å². The smallest absolute Gasteiger partial charge is 0.0350 e. The minimum atomic E-state index is 0.709. The molecule has 4 heterocycles. The van der Waals surface area contributed by atoms with Gasteiger partial charge >= 0.3 is 0 Å². The number of likely N-dealkylation sites (tertiary alicyclic amines) is 4. The molecule has 4 aliphatic heterocycles. The lowest BCUT2D eigenvalue weighted by atomic mass is 9.70. The fourth-order valence-electron chi connectivity index (χ4n) is 4.55. The normalized spacial score (nSPS) is 35.1. The fraction of sp³-hybridized carbons (Fsp3) is 1.00. The van der Waals surface area contributed by atoms with E-state index in [1.54, 1.807) is 0 Å². The molecule has 0 aromatic rings. The Bertz CT molecular complexity index is 330. The monoisotopic (exact) mass is 264 g/mol. The molecule has 4 fully saturated rings. The molecule has 4 heteroatoms. The highest BCUT2D eigenvalue weighted by Gasteiger charge is 2.49. The van der Waals surface area contributed by atoms with Gasteiger partial charge in [-0.3, -0.25) is 9.80 Å². The summed E-state index contributed by atoms with van der Waals surface area (Å²) in [4.78, 5) is 10.4. The van der Waals surface area contributed by atoms with Gasteiger partial charge in [0, 0.05) is 51.4 Å². The van der Waals surface area contributed by atoms with Crippen molar-refractivity contribution in [3.8, 4) is 0 Å². The molecule has 0 radical (unpaired) electrons. The van der Waals surface area contributed by atoms with Crippen LogP contribution in [0.5, 0.6) is 0 Å². The van der Waals surface area contributed by atoms with Crippen LogP contribution in [0.2, 0.25) is 0 Å². The van der Waals surface area contributed by atoms with Crippen LogP contribution in [0, 0.1) is 5.41 Å². The summed E-state index contributed by atoms with van der Waals surface area (Å²) in [6, 6.07) is 1.76. The van der Waals surface area contributed by atoms with Crippen molar-refractivity contribution in [3.05, 3.63) is 0 Å². The third kappa shape index (κ3) is 2.13. The summed E-state index contributed by atoms with van der Waals surface area (Å²) in [6.07, 6.45) is 2.90. The van der Waals surface area contributed by atoms with Gasteiger partial charge < -0.3 is 9.80 Å². The molecule has 19 heavy (non-hydrogen) atoms. The van der Waals surface area contributed by atoms with Crippen LogP contribution in [0.1, 0.15) is 12.8 Å². The van der Waals surface area contributed by atoms with Gasteiger partial charge in [-0.2, -0.15) is 0 Å². The van der Waals surface area contributed by atoms with Crippen molar-refractivity contribution in [2.24, 2.45) is 5.41 Å². The van der Waals surface area contributed by atoms with Crippen LogP contribution in [0.3, 0.4) is 0 Å². The van der Waals surface area contributed by atoms with Crippen LogP contribution in [0.4, 0.5) is 0 Å². The predicted molar refractivity (Wildman–Crippen MR) is 77.4 cm³/mol. The molecule has 0 aliphatic carbocycles. The van der Waals surface area contributed by atoms with Gasteiger partial charge in [-0.1, -0.05) is 0 Å². The molecule has 4 saturated heterocycles. The van der Waals surface area contributed by atoms with E-state index in [1.165, 1.54) is 65.2 Å². The first-order chi connectivity index (χ1) is 9.13. The van der Waals surface area contributed by atoms with Crippen LogP contribution < -0.4 is 0 Å². The van der Waals surface area contributed by atoms with Gasteiger partial charge in [0.2, 0.25) is 0 Å². The second kappa shape index (κ2) is 4.42. The van der Waals surface area contributed by atoms with E-state index in [1.807, 2.05) is 0 Å². The second-order valence-corrected chi connectivity index (χ2v) is 7.69. The van der Waals surface area contributed by atoms with Crippen molar-refractivity contribution in [2.75, 3.05) is 66.5 Å². The molecule has 0 aromatic heterocycles. The molecule has 4 aliphatic rings. The molecule has 0 saturated carbocycles. The molecule has 4 nitrogen and oxygen atoms in total. The Labute approximate surface area is 117 Å². The van der Waals surface area contributed by atoms with E-state index in [4.69, 9.17) is 0 Å². The van der Waals surface area contributed by atoms with Gasteiger partial charge in [0.1, 0.15) is 0 Å². The van der Waals surface area contributed by atoms with Crippen molar-refractivity contribution in [1.29, 1.82) is 0 Å². The number of nitrogens with zero attached hydrogens (tertiary/aromatic N) is 4. The number of piperidine rings is 1. The van der Waals surface area contributed by atoms with Gasteiger partial charge in [-0.15, -0.1) is 0 Å². The zero-order chi connectivity index (χ0) is 13.0. The second-order valence-electron chi connectivity index (χ2n) is 7.69. The zero-order valence-corrected chi connectivity index (χ0v) is 12.5. The first-order valence-electron chi connectivity index (χ1n) is 7.99. The molecule has 4 rings (SSSR count). The summed E-state index contributed by atoms with van der Waals surface area (Å²) in [7, 11) is 4.47. The minimum absolute atomic E-state index is 0.709. The van der Waals surface area contributed by atoms with E-state index >= 15 is 0 Å². The maximum absolute atomic E-state index is 2.75. The van der Waals surface area contributed by atoms with Gasteiger partial charge in [-0.05, 0) is 45.4 Å². The lowest BCUT2D eigenvalue weighted by Gasteiger charge is -2.60. The Morgan fingerprint density at radius 3 is 1.68 bits per heavy atom. The summed E-state index contributed by atoms with van der Waals surface area (Å²) in [6.45, 7) is 10.7. The van der Waals surface area contributed by atoms with Crippen LogP contribution in [-0.4, -0.2) is 98.1 Å². The van der Waals surface area contributed by atoms with Crippen molar-refractivity contribution in [3.63, 3.8) is 0 Å². The van der Waals surface area contributed by atoms with Crippen molar-refractivity contribution in [2.45, 2.75) is 24.9 Å². The highest BCUT2D eigenvalue weighted by atomic mass is 15.4. The topological polar surface area (TPSA) is 13.0 Å². The Morgan fingerprint density at radius 1 is 0.737 bits per heavy atom. The van der Waals surface area contributed by atoms with E-state index in [2.05, 4.69) is 33.7 Å². The molecular formula is C15H28N4. The molecule has 0 atom stereocenters. The number of likely N-dealkylation sites (N-methyl/N-ethyl adjacent to an activating group) is 2. The van der Waals surface area contributed by atoms with Gasteiger partial charge in [0.15, 0.2) is 0 Å². The average molecular weight is 264 g/mol. The maximum atomic E-state index is 2.75. The van der Waals surface area contributed by atoms with E-state index in [0.717, 1.165) is 12.1 Å². The lowest BCUT2D eigenvalue weighted by molar-refractivity contribution is -0.109. The third-order valence-electron chi connectivity index (χ3n) is 6.06. The lowest BCUT2D eigenvalue weighted by Crippen LogP contribution is -2.70. The highest BCUT2D eigenvalue weighted by Crippen LogP contribution is 2.42. The summed E-state index contributed by atoms with van der Waals surface area (Å²) < 4.78 is 0. The summed E-state index contributed by atoms with van der Waals surface area (Å²) >= 11 is 0. The number of rotatable bonds is 2. The van der Waals surface area contributed by atoms with Crippen LogP contribution in [-0.2, 0) is 0 Å². The Kier molecular flexibility index (Phi) is 2.92. The predicted octanol–water partition coefficient (Wildman–Crippen LogP) is 0.0122. The summed E-state index contributed by atoms with van der Waals surface area (Å²) in [5.74, 6) is 0. The molecule has 0 bridgehead atoms. The Morgan fingerprint density at radius 2 is 1.21 bits per heavy atom. The SMILES string of the molecule is CN1CC(N2CCC3(CC2)CN(C2CN(C)C2)C3)C1. The van der Waals surface area contributed by atoms with Crippen molar-refractivity contribution >= 4 is 0 Å². The fourth-order valence-corrected chi connectivity index (χ4v) is 4.55. The highest BCUT2D eigenvalue weighted by molar-refractivity contribution is 5.04. The molecular weight excluding hydrogens is 236 g/mol. The number of hydrogen-bond donors (Lipinski definition) is 0. The summed E-state index contributed by atoms with van der Waals surface area (Å²) in [5, 5.41) is 0. The maximum Gasteiger partial charge on any atom is 0.0350 e. The minimum Gasteiger partial charge on any atom is -0.303 e. The molecule has 0 amide bonds. The van der Waals surface area contributed by atoms with Crippen molar-refractivity contribution in [1.82, 2.24) is 19.6 Å². The Hall–Kier alpha value is -0.160. The van der Waals surface area contributed by atoms with E-state index in [-0.39, 0.29) is 0 Å². The van der Waals surface area contributed by atoms with E-state index in [0.29, 0.717) is 5.41 Å². The van der Waals surface area contributed by atoms with Gasteiger partial charge in [-0.25, -0.2) is 0 Å². The average Bonchev–Trinajstić information content (AvgIpc) is 2.29. The first-order valence-corrected chi connectivity index (χ1v) is 7.99. The molecule has 0 unspecified atom stereocenters. The quantitative estimate of drug-likeness (QED) is 0.697. The van der Waals surface area contributed by atoms with Gasteiger partial charge in [0.05, 0.1) is 0 Å². The molecule has 0 N–H and O–H groups in total. The van der Waals surface area contributed by atoms with Gasteiger partial charge in [0.25, 0.3) is 0 Å². The zero-order valence-electron chi connectivity index (χ0n) is 12.5. The Balaban J connectivity index is 1.23. The van der Waals surface area contributed by atoms with Crippen LogP contribution in [0.15, 0.2) is 0 Å². The third-order valence-corrected chi connectivity index (χ3v) is 6.06. The van der Waals surface area contributed by atoms with Crippen molar-refractivity contribution < 1.29 is 0 Å². The first kappa shape index (κ1) is 12.6. The van der Waals surface area contributed by atoms with Crippen LogP contribution >= 0.6 is 0 Å². The largest absolute Gasteiger partial charge is 0.303 e. The molecule has 108 valence electrons.